The molecule has 4 aromatic rings. The van der Waals surface area contributed by atoms with Gasteiger partial charge in [0.15, 0.2) is 0 Å². The molecule has 5 aliphatic heterocycles. The highest BCUT2D eigenvalue weighted by Crippen LogP contribution is 2.51. The van der Waals surface area contributed by atoms with Crippen LogP contribution in [0.4, 0.5) is 39.5 Å². The van der Waals surface area contributed by atoms with E-state index >= 15 is 0 Å². The van der Waals surface area contributed by atoms with Crippen LogP contribution in [0.15, 0.2) is 72.8 Å². The third-order valence-corrected chi connectivity index (χ3v) is 39.7. The van der Waals surface area contributed by atoms with E-state index in [0.29, 0.717) is 172 Å². The molecular formula is C96H138ClF9N10O15S5. The fourth-order valence-electron chi connectivity index (χ4n) is 20.3. The Labute approximate surface area is 803 Å². The molecule has 5 N–H and O–H groups in total. The minimum Gasteiger partial charge on any atom is -0.355 e. The standard InChI is InChI=1S/C20H27F3N2O3S.C19H25ClF2N2O3S.2C19H26F2N2O3S.C19H34N2O3S/c1-2-29(27,28)25-11-9-19(10-12-25,13-15-7-8-15)14-24-18(26)16-5-3-4-6-17(16)20(21,22)23;1-2-28(26,27)24-7-5-19(6-8-24,11-13-3-4-13)12-23-18(25)17-15(20)9-14(21)10-16(17)22;1-2-27(25,26)23-9-7-19(8-10-23,12-14-3-4-14)13-22-18(24)16-6-5-15(20)11-17(16)21;1-2-27(25,26)23-10-8-19(9-11-23,12-14-6-7-14)13-22-18(24)17-15(20)4-3-5-16(17)21;1-2-25(23,24)21-12-10-19(11-13-21,14-16-8-9-16)15-20-18(22)17-6-4-3-5-7-17/h3-6,15H,2,7-14H2,1H3,(H,24,26);9-10,13H,2-8,11-12H2,1H3,(H,23,25);5-6,11,14H,2-4,7-10,12-13H2,1H3,(H,22,24);3-5,14H,2,6-13H2,1H3,(H,22,24);16-17H,2-15H2,1H3,(H,20,22). The summed E-state index contributed by atoms with van der Waals surface area (Å²) >= 11 is 5.85. The maximum atomic E-state index is 14.0. The second-order valence-electron chi connectivity index (χ2n) is 40.0. The number of halogens is 10. The molecule has 5 saturated heterocycles. The molecule has 11 fully saturated rings. The lowest BCUT2D eigenvalue weighted by atomic mass is 9.74. The Morgan fingerprint density at radius 1 is 0.338 bits per heavy atom. The topological polar surface area (TPSA) is 332 Å². The van der Waals surface area contributed by atoms with Crippen molar-refractivity contribution in [1.82, 2.24) is 48.1 Å². The number of sulfonamides is 5. The summed E-state index contributed by atoms with van der Waals surface area (Å²) in [6.07, 6.45) is 24.5. The van der Waals surface area contributed by atoms with E-state index in [9.17, 15) is 106 Å². The molecule has 136 heavy (non-hydrogen) atoms. The highest BCUT2D eigenvalue weighted by molar-refractivity contribution is 7.90. The second-order valence-corrected chi connectivity index (χ2v) is 51.7. The van der Waals surface area contributed by atoms with E-state index in [0.717, 1.165) is 145 Å². The Balaban J connectivity index is 0.000000163. The Bertz CT molecular complexity index is 5330. The van der Waals surface area contributed by atoms with Crippen LogP contribution < -0.4 is 26.6 Å². The third-order valence-electron chi connectivity index (χ3n) is 30.0. The number of alkyl halides is 3. The third kappa shape index (κ3) is 31.0. The van der Waals surface area contributed by atoms with Gasteiger partial charge in [0.25, 0.3) is 23.6 Å². The summed E-state index contributed by atoms with van der Waals surface area (Å²) in [6, 6.07) is 12.6. The van der Waals surface area contributed by atoms with E-state index in [1.165, 1.54) is 86.4 Å². The van der Waals surface area contributed by atoms with Crippen LogP contribution in [-0.2, 0) is 61.1 Å². The van der Waals surface area contributed by atoms with E-state index in [2.05, 4.69) is 26.6 Å². The molecule has 0 bridgehead atoms. The van der Waals surface area contributed by atoms with Gasteiger partial charge >= 0.3 is 6.18 Å². The molecular weight excluding hydrogens is 1900 g/mol. The highest BCUT2D eigenvalue weighted by atomic mass is 35.5. The molecule has 6 saturated carbocycles. The molecule has 40 heteroatoms. The fraction of sp³-hybridized carbons (Fsp3) is 0.698. The summed E-state index contributed by atoms with van der Waals surface area (Å²) < 4.78 is 250. The van der Waals surface area contributed by atoms with Gasteiger partial charge in [0, 0.05) is 116 Å². The van der Waals surface area contributed by atoms with Crippen LogP contribution in [0, 0.1) is 97.5 Å². The first-order valence-corrected chi connectivity index (χ1v) is 57.1. The van der Waals surface area contributed by atoms with Crippen molar-refractivity contribution in [1.29, 1.82) is 0 Å². The van der Waals surface area contributed by atoms with Gasteiger partial charge in [-0.1, -0.05) is 113 Å². The summed E-state index contributed by atoms with van der Waals surface area (Å²) in [5.74, 6) is -3.88. The molecule has 25 nitrogen and oxygen atoms in total. The van der Waals surface area contributed by atoms with Crippen molar-refractivity contribution in [2.45, 2.75) is 233 Å². The lowest BCUT2D eigenvalue weighted by Gasteiger charge is -2.42. The summed E-state index contributed by atoms with van der Waals surface area (Å²) in [6.45, 7) is 14.8. The number of rotatable bonds is 35. The van der Waals surface area contributed by atoms with Gasteiger partial charge < -0.3 is 26.6 Å². The van der Waals surface area contributed by atoms with Crippen LogP contribution in [0.3, 0.4) is 0 Å². The largest absolute Gasteiger partial charge is 0.417 e. The van der Waals surface area contributed by atoms with Gasteiger partial charge in [-0.25, -0.2) is 90.0 Å². The molecule has 5 heterocycles. The van der Waals surface area contributed by atoms with E-state index in [1.54, 1.807) is 38.9 Å². The van der Waals surface area contributed by atoms with Gasteiger partial charge in [0.05, 0.1) is 56.0 Å². The summed E-state index contributed by atoms with van der Waals surface area (Å²) in [7, 11) is -16.0. The summed E-state index contributed by atoms with van der Waals surface area (Å²) in [5.41, 5.74) is -3.23. The van der Waals surface area contributed by atoms with Gasteiger partial charge in [0.1, 0.15) is 40.5 Å². The maximum Gasteiger partial charge on any atom is 0.417 e. The number of piperidine rings is 5. The van der Waals surface area contributed by atoms with E-state index in [1.807, 2.05) is 0 Å². The smallest absolute Gasteiger partial charge is 0.355 e. The van der Waals surface area contributed by atoms with Gasteiger partial charge in [-0.3, -0.25) is 24.0 Å². The normalized spacial score (nSPS) is 21.3. The van der Waals surface area contributed by atoms with Crippen molar-refractivity contribution < 1.29 is 106 Å². The lowest BCUT2D eigenvalue weighted by molar-refractivity contribution is -0.138. The number of hydrogen-bond donors (Lipinski definition) is 5. The molecule has 0 aromatic heterocycles. The molecule has 5 amide bonds. The van der Waals surface area contributed by atoms with E-state index < -0.39 is 126 Å². The number of nitrogens with zero attached hydrogens (tertiary/aromatic N) is 5. The molecule has 0 atom stereocenters. The zero-order chi connectivity index (χ0) is 99.0. The van der Waals surface area contributed by atoms with Crippen LogP contribution in [-0.4, -0.2) is 220 Å². The van der Waals surface area contributed by atoms with Crippen LogP contribution in [0.5, 0.6) is 0 Å². The Hall–Kier alpha value is -6.56. The predicted molar refractivity (Wildman–Crippen MR) is 505 cm³/mol. The fourth-order valence-corrected chi connectivity index (χ4v) is 26.1. The van der Waals surface area contributed by atoms with Gasteiger partial charge in [0.2, 0.25) is 56.0 Å². The number of nitrogens with one attached hydrogen (secondary N) is 5. The van der Waals surface area contributed by atoms with Gasteiger partial charge in [-0.2, -0.15) is 13.2 Å². The SMILES string of the molecule is CCS(=O)(=O)N1CCC(CNC(=O)C2CCCCC2)(CC2CC2)CC1.CCS(=O)(=O)N1CCC(CNC(=O)c2c(F)cc(F)cc2Cl)(CC2CC2)CC1.CCS(=O)(=O)N1CCC(CNC(=O)c2c(F)cccc2F)(CC2CC2)CC1.CCS(=O)(=O)N1CCC(CNC(=O)c2ccc(F)cc2F)(CC2CC2)CC1.CCS(=O)(=O)N1CCC(CNC(=O)c2ccccc2C(F)(F)F)(CC2CC2)CC1. The Morgan fingerprint density at radius 3 is 0.934 bits per heavy atom. The summed E-state index contributed by atoms with van der Waals surface area (Å²) in [5, 5.41) is 14.0. The molecule has 4 aromatic carbocycles. The van der Waals surface area contributed by atoms with Gasteiger partial charge in [-0.05, 0) is 243 Å². The minimum atomic E-state index is -4.60. The number of carbonyl (C=O) groups excluding carboxylic acids is 5. The quantitative estimate of drug-likeness (QED) is 0.0267. The zero-order valence-corrected chi connectivity index (χ0v) is 83.8. The molecule has 6 aliphatic carbocycles. The molecule has 0 spiro atoms. The Morgan fingerprint density at radius 2 is 0.632 bits per heavy atom. The second kappa shape index (κ2) is 47.1. The number of carbonyl (C=O) groups is 5. The van der Waals surface area contributed by atoms with E-state index in [4.69, 9.17) is 11.6 Å². The predicted octanol–water partition coefficient (Wildman–Crippen LogP) is 16.0. The van der Waals surface area contributed by atoms with Crippen LogP contribution in [0.25, 0.3) is 0 Å². The average molecular weight is 2040 g/mol. The van der Waals surface area contributed by atoms with Crippen molar-refractivity contribution in [3.05, 3.63) is 141 Å². The molecule has 11 aliphatic rings. The van der Waals surface area contributed by atoms with Crippen molar-refractivity contribution >= 4 is 91.3 Å². The first kappa shape index (κ1) is 110. The first-order valence-electron chi connectivity index (χ1n) is 48.7. The van der Waals surface area contributed by atoms with Crippen LogP contribution >= 0.6 is 11.6 Å². The Kier molecular flexibility index (Phi) is 38.0. The molecule has 762 valence electrons. The highest BCUT2D eigenvalue weighted by Gasteiger charge is 2.49. The monoisotopic (exact) mass is 2040 g/mol. The number of hydrogen-bond acceptors (Lipinski definition) is 15. The van der Waals surface area contributed by atoms with Gasteiger partial charge in [-0.15, -0.1) is 0 Å². The first-order chi connectivity index (χ1) is 64.2. The molecule has 15 rings (SSSR count). The number of benzene rings is 4. The lowest BCUT2D eigenvalue weighted by Crippen LogP contribution is -2.49. The molecule has 0 radical (unpaired) electrons. The summed E-state index contributed by atoms with van der Waals surface area (Å²) in [4.78, 5) is 62.3. The average Bonchev–Trinajstić information content (AvgIpc) is 1.66. The van der Waals surface area contributed by atoms with Crippen molar-refractivity contribution in [2.75, 3.05) is 127 Å². The van der Waals surface area contributed by atoms with E-state index in [-0.39, 0.29) is 95.9 Å². The van der Waals surface area contributed by atoms with Crippen molar-refractivity contribution in [3.63, 3.8) is 0 Å². The zero-order valence-electron chi connectivity index (χ0n) is 78.9. The van der Waals surface area contributed by atoms with Crippen LogP contribution in [0.2, 0.25) is 5.02 Å². The number of amides is 5. The molecule has 0 unspecified atom stereocenters. The maximum absolute atomic E-state index is 14.0. The van der Waals surface area contributed by atoms with Crippen molar-refractivity contribution in [2.24, 2.45) is 62.6 Å². The minimum absolute atomic E-state index is 0.0492. The van der Waals surface area contributed by atoms with Crippen molar-refractivity contribution in [3.8, 4) is 0 Å². The van der Waals surface area contributed by atoms with Crippen LogP contribution in [0.1, 0.15) is 274 Å².